The van der Waals surface area contributed by atoms with Crippen LogP contribution in [0.3, 0.4) is 0 Å². The van der Waals surface area contributed by atoms with Crippen LogP contribution in [0.15, 0.2) is 0 Å². The molecule has 0 bridgehead atoms. The largest absolute Gasteiger partial charge is 0.383 e. The maximum absolute atomic E-state index is 5.14. The van der Waals surface area contributed by atoms with Crippen molar-refractivity contribution in [2.24, 2.45) is 0 Å². The summed E-state index contributed by atoms with van der Waals surface area (Å²) >= 11 is 0. The summed E-state index contributed by atoms with van der Waals surface area (Å²) < 4.78 is 5.14. The normalized spacial score (nSPS) is 28.7. The lowest BCUT2D eigenvalue weighted by Crippen LogP contribution is -2.48. The first-order valence-electron chi connectivity index (χ1n) is 5.53. The van der Waals surface area contributed by atoms with Crippen LogP contribution in [0.4, 0.5) is 0 Å². The Bertz CT molecular complexity index is 171. The molecule has 0 aromatic rings. The van der Waals surface area contributed by atoms with Gasteiger partial charge in [-0.1, -0.05) is 0 Å². The fourth-order valence-corrected chi connectivity index (χ4v) is 2.03. The van der Waals surface area contributed by atoms with Gasteiger partial charge in [-0.05, 0) is 33.7 Å². The third kappa shape index (κ3) is 3.56. The third-order valence-electron chi connectivity index (χ3n) is 2.97. The molecule has 1 saturated heterocycles. The van der Waals surface area contributed by atoms with Crippen LogP contribution in [0.1, 0.15) is 27.2 Å². The molecule has 3 nitrogen and oxygen atoms in total. The number of nitrogens with one attached hydrogen (secondary N) is 1. The number of methoxy groups -OCH3 is 1. The maximum atomic E-state index is 5.14. The maximum Gasteiger partial charge on any atom is 0.0589 e. The van der Waals surface area contributed by atoms with Crippen LogP contribution in [0.25, 0.3) is 0 Å². The van der Waals surface area contributed by atoms with Gasteiger partial charge in [0.1, 0.15) is 0 Å². The average molecular weight is 200 g/mol. The van der Waals surface area contributed by atoms with E-state index in [0.29, 0.717) is 6.04 Å². The second kappa shape index (κ2) is 5.10. The molecular weight excluding hydrogens is 176 g/mol. The molecule has 1 heterocycles. The summed E-state index contributed by atoms with van der Waals surface area (Å²) in [5, 5.41) is 3.58. The smallest absolute Gasteiger partial charge is 0.0589 e. The van der Waals surface area contributed by atoms with E-state index in [1.807, 2.05) is 0 Å². The lowest BCUT2D eigenvalue weighted by Gasteiger charge is -2.32. The quantitative estimate of drug-likeness (QED) is 0.738. The highest BCUT2D eigenvalue weighted by Crippen LogP contribution is 2.14. The highest BCUT2D eigenvalue weighted by Gasteiger charge is 2.27. The molecule has 0 amide bonds. The summed E-state index contributed by atoms with van der Waals surface area (Å²) in [7, 11) is 1.77. The first-order valence-corrected chi connectivity index (χ1v) is 5.53. The molecule has 0 saturated carbocycles. The van der Waals surface area contributed by atoms with E-state index in [2.05, 4.69) is 31.0 Å². The molecule has 0 aromatic carbocycles. The lowest BCUT2D eigenvalue weighted by atomic mass is 10.1. The molecule has 1 N–H and O–H groups in total. The Morgan fingerprint density at radius 1 is 1.50 bits per heavy atom. The first-order chi connectivity index (χ1) is 6.55. The number of rotatable bonds is 3. The molecule has 1 fully saturated rings. The van der Waals surface area contributed by atoms with E-state index >= 15 is 0 Å². The van der Waals surface area contributed by atoms with Gasteiger partial charge in [-0.25, -0.2) is 0 Å². The predicted molar refractivity (Wildman–Crippen MR) is 59.6 cm³/mol. The van der Waals surface area contributed by atoms with E-state index in [1.54, 1.807) is 7.11 Å². The van der Waals surface area contributed by atoms with Crippen molar-refractivity contribution < 1.29 is 4.74 Å². The van der Waals surface area contributed by atoms with Crippen LogP contribution in [0, 0.1) is 0 Å². The van der Waals surface area contributed by atoms with Gasteiger partial charge >= 0.3 is 0 Å². The second-order valence-electron chi connectivity index (χ2n) is 4.91. The Morgan fingerprint density at radius 3 is 2.86 bits per heavy atom. The van der Waals surface area contributed by atoms with Crippen molar-refractivity contribution in [3.63, 3.8) is 0 Å². The Kier molecular flexibility index (Phi) is 4.35. The summed E-state index contributed by atoms with van der Waals surface area (Å²) in [6, 6.07) is 0.666. The summed E-state index contributed by atoms with van der Waals surface area (Å²) in [5.74, 6) is 0. The molecule has 1 unspecified atom stereocenters. The number of ether oxygens (including phenoxy) is 1. The van der Waals surface area contributed by atoms with E-state index in [-0.39, 0.29) is 5.54 Å². The minimum atomic E-state index is 0.235. The molecule has 3 heteroatoms. The highest BCUT2D eigenvalue weighted by molar-refractivity contribution is 4.87. The van der Waals surface area contributed by atoms with E-state index in [1.165, 1.54) is 6.42 Å². The van der Waals surface area contributed by atoms with Crippen LogP contribution >= 0.6 is 0 Å². The van der Waals surface area contributed by atoms with Gasteiger partial charge in [0, 0.05) is 31.8 Å². The molecule has 1 aliphatic rings. The fraction of sp³-hybridized carbons (Fsp3) is 1.00. The van der Waals surface area contributed by atoms with Crippen LogP contribution in [-0.2, 0) is 4.74 Å². The van der Waals surface area contributed by atoms with Gasteiger partial charge in [-0.2, -0.15) is 0 Å². The van der Waals surface area contributed by atoms with Gasteiger partial charge in [0.25, 0.3) is 0 Å². The second-order valence-corrected chi connectivity index (χ2v) is 4.91. The minimum Gasteiger partial charge on any atom is -0.383 e. The van der Waals surface area contributed by atoms with Gasteiger partial charge in [-0.3, -0.25) is 4.90 Å². The van der Waals surface area contributed by atoms with Crippen molar-refractivity contribution in [2.75, 3.05) is 33.4 Å². The molecule has 0 aliphatic carbocycles. The van der Waals surface area contributed by atoms with Crippen molar-refractivity contribution in [3.05, 3.63) is 0 Å². The van der Waals surface area contributed by atoms with Gasteiger partial charge in [0.2, 0.25) is 0 Å². The van der Waals surface area contributed by atoms with Crippen molar-refractivity contribution in [1.82, 2.24) is 10.2 Å². The molecule has 84 valence electrons. The van der Waals surface area contributed by atoms with E-state index in [9.17, 15) is 0 Å². The summed E-state index contributed by atoms with van der Waals surface area (Å²) in [4.78, 5) is 2.52. The van der Waals surface area contributed by atoms with Crippen LogP contribution in [-0.4, -0.2) is 49.8 Å². The zero-order chi connectivity index (χ0) is 10.6. The summed E-state index contributed by atoms with van der Waals surface area (Å²) in [6.45, 7) is 11.0. The van der Waals surface area contributed by atoms with E-state index in [4.69, 9.17) is 4.74 Å². The van der Waals surface area contributed by atoms with Crippen molar-refractivity contribution in [2.45, 2.75) is 38.8 Å². The monoisotopic (exact) mass is 200 g/mol. The topological polar surface area (TPSA) is 24.5 Å². The zero-order valence-electron chi connectivity index (χ0n) is 9.97. The Balaban J connectivity index is 2.50. The van der Waals surface area contributed by atoms with Crippen molar-refractivity contribution in [3.8, 4) is 0 Å². The minimum absolute atomic E-state index is 0.235. The van der Waals surface area contributed by atoms with E-state index in [0.717, 1.165) is 26.2 Å². The zero-order valence-corrected chi connectivity index (χ0v) is 9.97. The number of hydrogen-bond acceptors (Lipinski definition) is 3. The molecule has 1 rings (SSSR count). The van der Waals surface area contributed by atoms with E-state index < -0.39 is 0 Å². The number of hydrogen-bond donors (Lipinski definition) is 1. The Hall–Kier alpha value is -0.120. The molecule has 0 spiro atoms. The molecule has 0 aromatic heterocycles. The molecule has 1 aliphatic heterocycles. The van der Waals surface area contributed by atoms with Crippen molar-refractivity contribution in [1.29, 1.82) is 0 Å². The highest BCUT2D eigenvalue weighted by atomic mass is 16.5. The van der Waals surface area contributed by atoms with Crippen LogP contribution in [0.5, 0.6) is 0 Å². The lowest BCUT2D eigenvalue weighted by molar-refractivity contribution is 0.114. The summed E-state index contributed by atoms with van der Waals surface area (Å²) in [6.07, 6.45) is 1.23. The standard InChI is InChI=1S/C11H24N2O/c1-10-5-6-12-11(2,3)9-13(10)7-8-14-4/h10,12H,5-9H2,1-4H3. The molecular formula is C11H24N2O. The molecule has 14 heavy (non-hydrogen) atoms. The van der Waals surface area contributed by atoms with Crippen LogP contribution < -0.4 is 5.32 Å². The molecule has 0 radical (unpaired) electrons. The SMILES string of the molecule is COCCN1CC(C)(C)NCCC1C. The van der Waals surface area contributed by atoms with Gasteiger partial charge < -0.3 is 10.1 Å². The fourth-order valence-electron chi connectivity index (χ4n) is 2.03. The number of nitrogens with zero attached hydrogens (tertiary/aromatic N) is 1. The van der Waals surface area contributed by atoms with Crippen molar-refractivity contribution >= 4 is 0 Å². The Labute approximate surface area is 87.8 Å². The predicted octanol–water partition coefficient (Wildman–Crippen LogP) is 1.10. The van der Waals surface area contributed by atoms with Gasteiger partial charge in [-0.15, -0.1) is 0 Å². The van der Waals surface area contributed by atoms with Gasteiger partial charge in [0.15, 0.2) is 0 Å². The van der Waals surface area contributed by atoms with Crippen LogP contribution in [0.2, 0.25) is 0 Å². The summed E-state index contributed by atoms with van der Waals surface area (Å²) in [5.41, 5.74) is 0.235. The van der Waals surface area contributed by atoms with Gasteiger partial charge in [0.05, 0.1) is 6.61 Å². The Morgan fingerprint density at radius 2 is 2.21 bits per heavy atom. The average Bonchev–Trinajstić information content (AvgIpc) is 2.22. The molecule has 1 atom stereocenters. The third-order valence-corrected chi connectivity index (χ3v) is 2.97. The first kappa shape index (κ1) is 12.0.